The first-order valence-electron chi connectivity index (χ1n) is 5.70. The Bertz CT molecular complexity index is 551. The number of nitrogens with two attached hydrogens (primary N) is 1. The summed E-state index contributed by atoms with van der Waals surface area (Å²) in [6.45, 7) is 1.90. The molecule has 2 aromatic rings. The molecule has 0 aliphatic carbocycles. The third-order valence-corrected chi connectivity index (χ3v) is 3.42. The van der Waals surface area contributed by atoms with Gasteiger partial charge in [0.15, 0.2) is 5.13 Å². The van der Waals surface area contributed by atoms with Gasteiger partial charge in [0, 0.05) is 17.5 Å². The van der Waals surface area contributed by atoms with Crippen LogP contribution in [0.4, 0.5) is 10.8 Å². The standard InChI is InChI=1S/C13H15N3OS/c1-9-8-18-13(15-9)16-12(17)7-6-10-4-2-3-5-11(10)14/h2-5,8H,6-7,14H2,1H3,(H,15,16,17). The second-order valence-corrected chi connectivity index (χ2v) is 4.90. The highest BCUT2D eigenvalue weighted by atomic mass is 32.1. The number of hydrogen-bond donors (Lipinski definition) is 2. The van der Waals surface area contributed by atoms with Crippen LogP contribution in [0.15, 0.2) is 29.6 Å². The van der Waals surface area contributed by atoms with Crippen LogP contribution in [-0.2, 0) is 11.2 Å². The van der Waals surface area contributed by atoms with Gasteiger partial charge < -0.3 is 11.1 Å². The molecule has 0 spiro atoms. The van der Waals surface area contributed by atoms with Crippen molar-refractivity contribution < 1.29 is 4.79 Å². The first kappa shape index (κ1) is 12.6. The lowest BCUT2D eigenvalue weighted by Crippen LogP contribution is -2.12. The maximum atomic E-state index is 11.7. The van der Waals surface area contributed by atoms with Crippen molar-refractivity contribution in [2.75, 3.05) is 11.1 Å². The molecule has 0 atom stereocenters. The van der Waals surface area contributed by atoms with Crippen molar-refractivity contribution in [3.63, 3.8) is 0 Å². The number of carbonyl (C=O) groups excluding carboxylic acids is 1. The molecule has 1 heterocycles. The first-order chi connectivity index (χ1) is 8.65. The van der Waals surface area contributed by atoms with E-state index in [2.05, 4.69) is 10.3 Å². The minimum absolute atomic E-state index is 0.0346. The second-order valence-electron chi connectivity index (χ2n) is 4.04. The van der Waals surface area contributed by atoms with Crippen molar-refractivity contribution in [1.29, 1.82) is 0 Å². The summed E-state index contributed by atoms with van der Waals surface area (Å²) in [5.74, 6) is -0.0346. The van der Waals surface area contributed by atoms with E-state index in [0.29, 0.717) is 18.0 Å². The average molecular weight is 261 g/mol. The number of para-hydroxylation sites is 1. The molecule has 1 aromatic carbocycles. The summed E-state index contributed by atoms with van der Waals surface area (Å²) in [6, 6.07) is 7.60. The van der Waals surface area contributed by atoms with Crippen molar-refractivity contribution in [3.05, 3.63) is 40.9 Å². The molecule has 0 fully saturated rings. The van der Waals surface area contributed by atoms with E-state index < -0.39 is 0 Å². The summed E-state index contributed by atoms with van der Waals surface area (Å²) in [6.07, 6.45) is 1.05. The summed E-state index contributed by atoms with van der Waals surface area (Å²) in [5, 5.41) is 5.34. The highest BCUT2D eigenvalue weighted by Gasteiger charge is 2.06. The third kappa shape index (κ3) is 3.30. The number of nitrogens with zero attached hydrogens (tertiary/aromatic N) is 1. The molecule has 5 heteroatoms. The highest BCUT2D eigenvalue weighted by molar-refractivity contribution is 7.13. The summed E-state index contributed by atoms with van der Waals surface area (Å²) >= 11 is 1.43. The zero-order chi connectivity index (χ0) is 13.0. The van der Waals surface area contributed by atoms with Gasteiger partial charge in [-0.2, -0.15) is 0 Å². The van der Waals surface area contributed by atoms with Gasteiger partial charge >= 0.3 is 0 Å². The van der Waals surface area contributed by atoms with Crippen LogP contribution in [0.3, 0.4) is 0 Å². The molecule has 2 rings (SSSR count). The molecule has 0 aliphatic rings. The van der Waals surface area contributed by atoms with Crippen molar-refractivity contribution in [2.45, 2.75) is 19.8 Å². The van der Waals surface area contributed by atoms with E-state index in [-0.39, 0.29) is 5.91 Å². The van der Waals surface area contributed by atoms with Crippen LogP contribution in [0.2, 0.25) is 0 Å². The topological polar surface area (TPSA) is 68.0 Å². The fraction of sp³-hybridized carbons (Fsp3) is 0.231. The zero-order valence-corrected chi connectivity index (χ0v) is 11.0. The summed E-state index contributed by atoms with van der Waals surface area (Å²) < 4.78 is 0. The SMILES string of the molecule is Cc1csc(NC(=O)CCc2ccccc2N)n1. The van der Waals surface area contributed by atoms with Crippen LogP contribution in [0.1, 0.15) is 17.7 Å². The molecule has 3 N–H and O–H groups in total. The van der Waals surface area contributed by atoms with E-state index in [9.17, 15) is 4.79 Å². The Morgan fingerprint density at radius 3 is 2.89 bits per heavy atom. The highest BCUT2D eigenvalue weighted by Crippen LogP contribution is 2.16. The van der Waals surface area contributed by atoms with Crippen LogP contribution < -0.4 is 11.1 Å². The quantitative estimate of drug-likeness (QED) is 0.831. The fourth-order valence-corrected chi connectivity index (χ4v) is 2.31. The van der Waals surface area contributed by atoms with Gasteiger partial charge in [0.1, 0.15) is 0 Å². The summed E-state index contributed by atoms with van der Waals surface area (Å²) in [7, 11) is 0. The number of aromatic nitrogens is 1. The molecular weight excluding hydrogens is 246 g/mol. The van der Waals surface area contributed by atoms with Gasteiger partial charge in [0.05, 0.1) is 5.69 Å². The van der Waals surface area contributed by atoms with E-state index in [1.165, 1.54) is 11.3 Å². The van der Waals surface area contributed by atoms with Gasteiger partial charge in [0.25, 0.3) is 0 Å². The molecule has 1 aromatic heterocycles. The maximum absolute atomic E-state index is 11.7. The molecule has 0 bridgehead atoms. The first-order valence-corrected chi connectivity index (χ1v) is 6.58. The van der Waals surface area contributed by atoms with Crippen molar-refractivity contribution in [3.8, 4) is 0 Å². The minimum atomic E-state index is -0.0346. The van der Waals surface area contributed by atoms with Gasteiger partial charge in [-0.3, -0.25) is 4.79 Å². The van der Waals surface area contributed by atoms with Crippen LogP contribution in [0.5, 0.6) is 0 Å². The zero-order valence-electron chi connectivity index (χ0n) is 10.1. The summed E-state index contributed by atoms with van der Waals surface area (Å²) in [5.41, 5.74) is 8.47. The Labute approximate surface area is 110 Å². The molecule has 4 nitrogen and oxygen atoms in total. The van der Waals surface area contributed by atoms with Gasteiger partial charge in [-0.15, -0.1) is 11.3 Å². The Hall–Kier alpha value is -1.88. The average Bonchev–Trinajstić information content (AvgIpc) is 2.74. The van der Waals surface area contributed by atoms with E-state index in [1.807, 2.05) is 36.6 Å². The Balaban J connectivity index is 1.87. The fourth-order valence-electron chi connectivity index (χ4n) is 1.60. The number of thiazole rings is 1. The lowest BCUT2D eigenvalue weighted by Gasteiger charge is -2.04. The lowest BCUT2D eigenvalue weighted by atomic mass is 10.1. The van der Waals surface area contributed by atoms with E-state index in [0.717, 1.165) is 16.9 Å². The van der Waals surface area contributed by atoms with Crippen LogP contribution in [0, 0.1) is 6.92 Å². The van der Waals surface area contributed by atoms with Crippen molar-refractivity contribution in [2.24, 2.45) is 0 Å². The van der Waals surface area contributed by atoms with Crippen LogP contribution >= 0.6 is 11.3 Å². The smallest absolute Gasteiger partial charge is 0.226 e. The van der Waals surface area contributed by atoms with Crippen molar-refractivity contribution >= 4 is 28.1 Å². The number of hydrogen-bond acceptors (Lipinski definition) is 4. The van der Waals surface area contributed by atoms with Crippen LogP contribution in [0.25, 0.3) is 0 Å². The number of aryl methyl sites for hydroxylation is 2. The molecule has 0 saturated heterocycles. The summed E-state index contributed by atoms with van der Waals surface area (Å²) in [4.78, 5) is 15.9. The molecule has 0 radical (unpaired) electrons. The molecule has 0 saturated carbocycles. The second kappa shape index (κ2) is 5.64. The van der Waals surface area contributed by atoms with Gasteiger partial charge in [-0.25, -0.2) is 4.98 Å². The van der Waals surface area contributed by atoms with Crippen LogP contribution in [-0.4, -0.2) is 10.9 Å². The number of nitrogen functional groups attached to an aromatic ring is 1. The number of anilines is 2. The maximum Gasteiger partial charge on any atom is 0.226 e. The molecule has 0 aliphatic heterocycles. The minimum Gasteiger partial charge on any atom is -0.399 e. The molecule has 94 valence electrons. The van der Waals surface area contributed by atoms with Gasteiger partial charge in [-0.1, -0.05) is 18.2 Å². The number of rotatable bonds is 4. The number of benzene rings is 1. The molecule has 1 amide bonds. The Kier molecular flexibility index (Phi) is 3.94. The number of nitrogens with one attached hydrogen (secondary N) is 1. The number of carbonyl (C=O) groups is 1. The molecule has 18 heavy (non-hydrogen) atoms. The van der Waals surface area contributed by atoms with E-state index in [1.54, 1.807) is 0 Å². The Morgan fingerprint density at radius 2 is 2.22 bits per heavy atom. The monoisotopic (exact) mass is 261 g/mol. The van der Waals surface area contributed by atoms with Gasteiger partial charge in [-0.05, 0) is 25.0 Å². The third-order valence-electron chi connectivity index (χ3n) is 2.54. The largest absolute Gasteiger partial charge is 0.399 e. The predicted octanol–water partition coefficient (Wildman–Crippen LogP) is 2.61. The van der Waals surface area contributed by atoms with Crippen molar-refractivity contribution in [1.82, 2.24) is 4.98 Å². The molecule has 0 unspecified atom stereocenters. The predicted molar refractivity (Wildman–Crippen MR) is 74.7 cm³/mol. The lowest BCUT2D eigenvalue weighted by molar-refractivity contribution is -0.116. The Morgan fingerprint density at radius 1 is 1.44 bits per heavy atom. The van der Waals surface area contributed by atoms with Gasteiger partial charge in [0.2, 0.25) is 5.91 Å². The van der Waals surface area contributed by atoms with E-state index in [4.69, 9.17) is 5.73 Å². The van der Waals surface area contributed by atoms with E-state index >= 15 is 0 Å². The number of amides is 1. The molecular formula is C13H15N3OS. The normalized spacial score (nSPS) is 10.3.